The maximum atomic E-state index is 13.2. The van der Waals surface area contributed by atoms with Crippen molar-refractivity contribution in [3.8, 4) is 16.3 Å². The molecule has 1 aromatic carbocycles. The number of halogens is 3. The Morgan fingerprint density at radius 2 is 1.50 bits per heavy atom. The van der Waals surface area contributed by atoms with Crippen molar-refractivity contribution in [3.63, 3.8) is 0 Å². The Bertz CT molecular complexity index is 796. The molecule has 0 aliphatic rings. The highest BCUT2D eigenvalue weighted by molar-refractivity contribution is 7.14. The molecule has 0 radical (unpaired) electrons. The lowest BCUT2D eigenvalue weighted by molar-refractivity contribution is -0.193. The van der Waals surface area contributed by atoms with Gasteiger partial charge in [-0.3, -0.25) is 0 Å². The van der Waals surface area contributed by atoms with Gasteiger partial charge in [0.15, 0.2) is 6.29 Å². The van der Waals surface area contributed by atoms with Gasteiger partial charge in [0.05, 0.1) is 5.92 Å². The smallest absolute Gasteiger partial charge is 0.392 e. The summed E-state index contributed by atoms with van der Waals surface area (Å²) in [5.74, 6) is -1.24. The maximum absolute atomic E-state index is 13.2. The summed E-state index contributed by atoms with van der Waals surface area (Å²) in [5.41, 5.74) is 0.873. The number of aliphatic hydroxyl groups is 1. The second kappa shape index (κ2) is 15.4. The number of aryl methyl sites for hydroxylation is 1. The largest absolute Gasteiger partial charge is 0.465 e. The fourth-order valence-corrected chi connectivity index (χ4v) is 4.76. The molecule has 0 saturated heterocycles. The Kier molecular flexibility index (Phi) is 12.9. The van der Waals surface area contributed by atoms with E-state index in [4.69, 9.17) is 4.74 Å². The SMILES string of the molecule is CCCCCCCCCCc1nnc(-c2ccc(OC(O)CC(CCCC)C(F)(F)F)cc2)s1. The Morgan fingerprint density at radius 3 is 2.12 bits per heavy atom. The third-order valence-electron chi connectivity index (χ3n) is 5.94. The number of hydrogen-bond donors (Lipinski definition) is 1. The Hall–Kier alpha value is -1.67. The first-order valence-electron chi connectivity index (χ1n) is 12.7. The molecule has 1 aromatic heterocycles. The number of benzene rings is 1. The van der Waals surface area contributed by atoms with E-state index in [1.54, 1.807) is 35.6 Å². The number of aliphatic hydroxyl groups excluding tert-OH is 1. The molecule has 0 aliphatic heterocycles. The average Bonchev–Trinajstić information content (AvgIpc) is 3.27. The van der Waals surface area contributed by atoms with Gasteiger partial charge in [-0.25, -0.2) is 0 Å². The molecule has 4 nitrogen and oxygen atoms in total. The Labute approximate surface area is 206 Å². The summed E-state index contributed by atoms with van der Waals surface area (Å²) in [5, 5.41) is 20.4. The van der Waals surface area contributed by atoms with Crippen LogP contribution in [0.15, 0.2) is 24.3 Å². The number of unbranched alkanes of at least 4 members (excludes halogenated alkanes) is 8. The summed E-state index contributed by atoms with van der Waals surface area (Å²) in [7, 11) is 0. The van der Waals surface area contributed by atoms with Crippen LogP contribution in [0.3, 0.4) is 0 Å². The molecule has 34 heavy (non-hydrogen) atoms. The van der Waals surface area contributed by atoms with E-state index in [0.717, 1.165) is 28.4 Å². The standard InChI is InChI=1S/C26H39F3N2O2S/c1-3-5-7-8-9-10-11-12-14-23-30-31-25(34-23)20-15-17-22(18-16-20)33-24(32)19-21(13-6-4-2)26(27,28)29/h15-18,21,24,32H,3-14,19H2,1-2H3. The molecule has 0 aliphatic carbocycles. The van der Waals surface area contributed by atoms with Crippen LogP contribution in [-0.4, -0.2) is 27.8 Å². The predicted octanol–water partition coefficient (Wildman–Crippen LogP) is 8.34. The van der Waals surface area contributed by atoms with Gasteiger partial charge in [0, 0.05) is 18.4 Å². The normalized spacial score (nSPS) is 13.7. The van der Waals surface area contributed by atoms with Crippen LogP contribution in [0.2, 0.25) is 0 Å². The van der Waals surface area contributed by atoms with E-state index in [9.17, 15) is 18.3 Å². The average molecular weight is 501 g/mol. The number of ether oxygens (including phenoxy) is 1. The molecule has 0 spiro atoms. The molecule has 0 fully saturated rings. The van der Waals surface area contributed by atoms with Crippen molar-refractivity contribution in [1.29, 1.82) is 0 Å². The third kappa shape index (κ3) is 10.7. The Morgan fingerprint density at radius 1 is 0.882 bits per heavy atom. The summed E-state index contributed by atoms with van der Waals surface area (Å²) >= 11 is 1.56. The van der Waals surface area contributed by atoms with Crippen molar-refractivity contribution in [2.24, 2.45) is 5.92 Å². The fraction of sp³-hybridized carbons (Fsp3) is 0.692. The van der Waals surface area contributed by atoms with E-state index >= 15 is 0 Å². The van der Waals surface area contributed by atoms with Crippen LogP contribution < -0.4 is 4.74 Å². The lowest BCUT2D eigenvalue weighted by atomic mass is 9.97. The first kappa shape index (κ1) is 28.6. The van der Waals surface area contributed by atoms with Crippen LogP contribution >= 0.6 is 11.3 Å². The molecule has 8 heteroatoms. The van der Waals surface area contributed by atoms with Gasteiger partial charge in [-0.05, 0) is 37.1 Å². The highest BCUT2D eigenvalue weighted by atomic mass is 32.1. The van der Waals surface area contributed by atoms with E-state index in [2.05, 4.69) is 17.1 Å². The van der Waals surface area contributed by atoms with Crippen LogP contribution in [0.4, 0.5) is 13.2 Å². The maximum Gasteiger partial charge on any atom is 0.392 e. The minimum Gasteiger partial charge on any atom is -0.465 e. The topological polar surface area (TPSA) is 55.2 Å². The molecule has 0 bridgehead atoms. The number of rotatable bonds is 17. The lowest BCUT2D eigenvalue weighted by Gasteiger charge is -2.23. The molecular formula is C26H39F3N2O2S. The summed E-state index contributed by atoms with van der Waals surface area (Å²) in [4.78, 5) is 0. The van der Waals surface area contributed by atoms with Gasteiger partial charge in [0.25, 0.3) is 0 Å². The molecule has 0 amide bonds. The van der Waals surface area contributed by atoms with Gasteiger partial charge in [0.2, 0.25) is 0 Å². The van der Waals surface area contributed by atoms with Crippen molar-refractivity contribution >= 4 is 11.3 Å². The van der Waals surface area contributed by atoms with E-state index in [-0.39, 0.29) is 6.42 Å². The van der Waals surface area contributed by atoms with Gasteiger partial charge < -0.3 is 9.84 Å². The van der Waals surface area contributed by atoms with E-state index in [1.165, 1.54) is 44.9 Å². The van der Waals surface area contributed by atoms with Crippen LogP contribution in [0.5, 0.6) is 5.75 Å². The van der Waals surface area contributed by atoms with Crippen molar-refractivity contribution in [3.05, 3.63) is 29.3 Å². The monoisotopic (exact) mass is 500 g/mol. The highest BCUT2D eigenvalue weighted by Gasteiger charge is 2.40. The highest BCUT2D eigenvalue weighted by Crippen LogP contribution is 2.34. The van der Waals surface area contributed by atoms with Gasteiger partial charge >= 0.3 is 6.18 Å². The second-order valence-electron chi connectivity index (χ2n) is 8.94. The molecule has 0 saturated carbocycles. The molecule has 2 unspecified atom stereocenters. The zero-order valence-electron chi connectivity index (χ0n) is 20.4. The van der Waals surface area contributed by atoms with E-state index in [1.807, 2.05) is 6.92 Å². The first-order valence-corrected chi connectivity index (χ1v) is 13.5. The number of aromatic nitrogens is 2. The summed E-state index contributed by atoms with van der Waals surface area (Å²) < 4.78 is 44.9. The summed E-state index contributed by atoms with van der Waals surface area (Å²) in [6.07, 6.45) is 5.94. The number of nitrogens with zero attached hydrogens (tertiary/aromatic N) is 2. The fourth-order valence-electron chi connectivity index (χ4n) is 3.87. The number of alkyl halides is 3. The molecule has 2 atom stereocenters. The molecule has 2 aromatic rings. The summed E-state index contributed by atoms with van der Waals surface area (Å²) in [6, 6.07) is 6.88. The van der Waals surface area contributed by atoms with Gasteiger partial charge in [-0.1, -0.05) is 83.0 Å². The van der Waals surface area contributed by atoms with Crippen LogP contribution in [-0.2, 0) is 6.42 Å². The van der Waals surface area contributed by atoms with E-state index < -0.39 is 24.8 Å². The van der Waals surface area contributed by atoms with E-state index in [0.29, 0.717) is 18.6 Å². The molecule has 1 N–H and O–H groups in total. The molecule has 1 heterocycles. The van der Waals surface area contributed by atoms with Gasteiger partial charge in [-0.15, -0.1) is 10.2 Å². The zero-order chi connectivity index (χ0) is 24.8. The van der Waals surface area contributed by atoms with Crippen LogP contribution in [0, 0.1) is 5.92 Å². The van der Waals surface area contributed by atoms with Crippen molar-refractivity contribution in [2.45, 2.75) is 110 Å². The van der Waals surface area contributed by atoms with Crippen LogP contribution in [0.1, 0.15) is 95.9 Å². The molecule has 2 rings (SSSR count). The second-order valence-corrected chi connectivity index (χ2v) is 10.0. The minimum absolute atomic E-state index is 0.00228. The van der Waals surface area contributed by atoms with Gasteiger partial charge in [0.1, 0.15) is 15.8 Å². The predicted molar refractivity (Wildman–Crippen MR) is 132 cm³/mol. The summed E-state index contributed by atoms with van der Waals surface area (Å²) in [6.45, 7) is 4.08. The third-order valence-corrected chi connectivity index (χ3v) is 6.97. The van der Waals surface area contributed by atoms with Crippen molar-refractivity contribution in [1.82, 2.24) is 10.2 Å². The number of hydrogen-bond acceptors (Lipinski definition) is 5. The lowest BCUT2D eigenvalue weighted by Crippen LogP contribution is -2.29. The Balaban J connectivity index is 1.78. The molecular weight excluding hydrogens is 461 g/mol. The zero-order valence-corrected chi connectivity index (χ0v) is 21.3. The van der Waals surface area contributed by atoms with Crippen LogP contribution in [0.25, 0.3) is 10.6 Å². The quantitative estimate of drug-likeness (QED) is 0.175. The van der Waals surface area contributed by atoms with Crippen molar-refractivity contribution in [2.75, 3.05) is 0 Å². The minimum atomic E-state index is -4.34. The van der Waals surface area contributed by atoms with Crippen molar-refractivity contribution < 1.29 is 23.0 Å². The molecule has 192 valence electrons. The first-order chi connectivity index (χ1) is 16.3. The van der Waals surface area contributed by atoms with Gasteiger partial charge in [-0.2, -0.15) is 13.2 Å².